The van der Waals surface area contributed by atoms with E-state index in [9.17, 15) is 4.79 Å². The summed E-state index contributed by atoms with van der Waals surface area (Å²) < 4.78 is 0. The summed E-state index contributed by atoms with van der Waals surface area (Å²) in [5, 5.41) is 3.71. The normalized spacial score (nSPS) is 29.4. The predicted molar refractivity (Wildman–Crippen MR) is 80.1 cm³/mol. The highest BCUT2D eigenvalue weighted by atomic mass is 35.5. The van der Waals surface area contributed by atoms with Crippen LogP contribution in [0.2, 0.25) is 10.2 Å². The van der Waals surface area contributed by atoms with Gasteiger partial charge in [-0.1, -0.05) is 29.6 Å². The molecule has 4 unspecified atom stereocenters. The van der Waals surface area contributed by atoms with Crippen LogP contribution in [0.25, 0.3) is 0 Å². The maximum Gasteiger partial charge on any atom is 0.253 e. The Hall–Kier alpha value is -0.800. The zero-order chi connectivity index (χ0) is 14.3. The van der Waals surface area contributed by atoms with Crippen molar-refractivity contribution in [2.75, 3.05) is 0 Å². The van der Waals surface area contributed by atoms with Crippen LogP contribution in [0, 0.1) is 17.8 Å². The average Bonchev–Trinajstić information content (AvgIpc) is 3.03. The van der Waals surface area contributed by atoms with Crippen LogP contribution in [-0.2, 0) is 0 Å². The van der Waals surface area contributed by atoms with Crippen molar-refractivity contribution in [3.05, 3.63) is 28.0 Å². The molecule has 2 aliphatic rings. The molecule has 1 heterocycles. The molecular formula is C15H18Cl2N2O. The lowest BCUT2D eigenvalue weighted by Crippen LogP contribution is -2.40. The first-order valence-corrected chi connectivity index (χ1v) is 7.92. The average molecular weight is 313 g/mol. The van der Waals surface area contributed by atoms with Crippen molar-refractivity contribution >= 4 is 29.1 Å². The maximum atomic E-state index is 12.3. The van der Waals surface area contributed by atoms with Gasteiger partial charge in [0, 0.05) is 12.2 Å². The highest BCUT2D eigenvalue weighted by Gasteiger charge is 2.42. The summed E-state index contributed by atoms with van der Waals surface area (Å²) >= 11 is 11.8. The number of aromatic nitrogens is 1. The third kappa shape index (κ3) is 2.66. The van der Waals surface area contributed by atoms with Crippen LogP contribution in [0.5, 0.6) is 0 Å². The van der Waals surface area contributed by atoms with Crippen molar-refractivity contribution in [1.29, 1.82) is 0 Å². The first-order valence-electron chi connectivity index (χ1n) is 7.16. The molecule has 108 valence electrons. The summed E-state index contributed by atoms with van der Waals surface area (Å²) in [5.41, 5.74) is 0.404. The number of hydrogen-bond acceptors (Lipinski definition) is 2. The molecule has 0 saturated heterocycles. The fourth-order valence-electron chi connectivity index (χ4n) is 3.89. The van der Waals surface area contributed by atoms with E-state index in [0.29, 0.717) is 16.5 Å². The van der Waals surface area contributed by atoms with Crippen LogP contribution >= 0.6 is 23.2 Å². The molecule has 3 rings (SSSR count). The van der Waals surface area contributed by atoms with E-state index in [2.05, 4.69) is 17.2 Å². The van der Waals surface area contributed by atoms with Gasteiger partial charge in [0.15, 0.2) is 0 Å². The highest BCUT2D eigenvalue weighted by Crippen LogP contribution is 2.49. The number of rotatable bonds is 3. The van der Waals surface area contributed by atoms with Gasteiger partial charge in [0.05, 0.1) is 10.6 Å². The summed E-state index contributed by atoms with van der Waals surface area (Å²) in [4.78, 5) is 16.2. The number of pyridine rings is 1. The van der Waals surface area contributed by atoms with E-state index in [-0.39, 0.29) is 17.1 Å². The van der Waals surface area contributed by atoms with Gasteiger partial charge in [-0.25, -0.2) is 4.98 Å². The van der Waals surface area contributed by atoms with Crippen LogP contribution in [-0.4, -0.2) is 16.9 Å². The van der Waals surface area contributed by atoms with Crippen LogP contribution in [0.3, 0.4) is 0 Å². The standard InChI is InChI=1S/C15H18Cl2N2O/c1-8(11-5-9-2-3-10(11)4-9)19-15(20)12-6-14(17)18-7-13(12)16/h6-11H,2-5H2,1H3,(H,19,20). The molecule has 5 heteroatoms. The number of hydrogen-bond donors (Lipinski definition) is 1. The van der Waals surface area contributed by atoms with Crippen molar-refractivity contribution < 1.29 is 4.79 Å². The number of amides is 1. The Bertz CT molecular complexity index is 535. The Balaban J connectivity index is 1.68. The second-order valence-electron chi connectivity index (χ2n) is 6.09. The van der Waals surface area contributed by atoms with Gasteiger partial charge < -0.3 is 5.32 Å². The summed E-state index contributed by atoms with van der Waals surface area (Å²) in [6.45, 7) is 2.10. The smallest absolute Gasteiger partial charge is 0.253 e. The molecule has 1 aromatic heterocycles. The predicted octanol–water partition coefficient (Wildman–Crippen LogP) is 3.94. The zero-order valence-electron chi connectivity index (χ0n) is 11.4. The molecule has 2 saturated carbocycles. The van der Waals surface area contributed by atoms with Gasteiger partial charge in [0.25, 0.3) is 5.91 Å². The number of nitrogens with zero attached hydrogens (tertiary/aromatic N) is 1. The summed E-state index contributed by atoms with van der Waals surface area (Å²) in [6, 6.07) is 1.70. The third-order valence-corrected chi connectivity index (χ3v) is 5.37. The molecule has 0 spiro atoms. The van der Waals surface area contributed by atoms with E-state index in [1.807, 2.05) is 0 Å². The number of nitrogens with one attached hydrogen (secondary N) is 1. The lowest BCUT2D eigenvalue weighted by Gasteiger charge is -2.28. The monoisotopic (exact) mass is 312 g/mol. The first kappa shape index (κ1) is 14.2. The van der Waals surface area contributed by atoms with Crippen LogP contribution in [0.1, 0.15) is 43.0 Å². The molecule has 1 amide bonds. The first-order chi connectivity index (χ1) is 9.54. The van der Waals surface area contributed by atoms with Crippen molar-refractivity contribution in [3.63, 3.8) is 0 Å². The van der Waals surface area contributed by atoms with Crippen molar-refractivity contribution in [3.8, 4) is 0 Å². The molecule has 4 atom stereocenters. The van der Waals surface area contributed by atoms with Gasteiger partial charge in [0.2, 0.25) is 0 Å². The minimum absolute atomic E-state index is 0.158. The molecule has 2 fully saturated rings. The Kier molecular flexibility index (Phi) is 3.91. The highest BCUT2D eigenvalue weighted by molar-refractivity contribution is 6.35. The molecule has 1 aromatic rings. The van der Waals surface area contributed by atoms with Gasteiger partial charge >= 0.3 is 0 Å². The lowest BCUT2D eigenvalue weighted by molar-refractivity contribution is 0.0915. The van der Waals surface area contributed by atoms with Crippen LogP contribution in [0.4, 0.5) is 0 Å². The van der Waals surface area contributed by atoms with Gasteiger partial charge in [-0.05, 0) is 50.0 Å². The van der Waals surface area contributed by atoms with Crippen LogP contribution < -0.4 is 5.32 Å². The fraction of sp³-hybridized carbons (Fsp3) is 0.600. The zero-order valence-corrected chi connectivity index (χ0v) is 12.9. The summed E-state index contributed by atoms with van der Waals surface area (Å²) in [6.07, 6.45) is 6.69. The van der Waals surface area contributed by atoms with Gasteiger partial charge in [-0.3, -0.25) is 4.79 Å². The van der Waals surface area contributed by atoms with E-state index >= 15 is 0 Å². The minimum atomic E-state index is -0.158. The van der Waals surface area contributed by atoms with Crippen molar-refractivity contribution in [1.82, 2.24) is 10.3 Å². The molecule has 1 N–H and O–H groups in total. The van der Waals surface area contributed by atoms with E-state index in [1.165, 1.54) is 37.9 Å². The summed E-state index contributed by atoms with van der Waals surface area (Å²) in [5.74, 6) is 2.11. The second-order valence-corrected chi connectivity index (χ2v) is 6.88. The van der Waals surface area contributed by atoms with E-state index in [4.69, 9.17) is 23.2 Å². The minimum Gasteiger partial charge on any atom is -0.349 e. The third-order valence-electron chi connectivity index (χ3n) is 4.86. The quantitative estimate of drug-likeness (QED) is 0.859. The number of carbonyl (C=O) groups excluding carboxylic acids is 1. The number of halogens is 2. The topological polar surface area (TPSA) is 42.0 Å². The Morgan fingerprint density at radius 3 is 2.85 bits per heavy atom. The second kappa shape index (κ2) is 5.53. The maximum absolute atomic E-state index is 12.3. The Morgan fingerprint density at radius 1 is 1.40 bits per heavy atom. The molecule has 2 aliphatic carbocycles. The largest absolute Gasteiger partial charge is 0.349 e. The van der Waals surface area contributed by atoms with Gasteiger partial charge in [-0.15, -0.1) is 0 Å². The molecule has 0 aliphatic heterocycles. The van der Waals surface area contributed by atoms with E-state index in [0.717, 1.165) is 11.8 Å². The Morgan fingerprint density at radius 2 is 2.20 bits per heavy atom. The van der Waals surface area contributed by atoms with Gasteiger partial charge in [-0.2, -0.15) is 0 Å². The van der Waals surface area contributed by atoms with Crippen molar-refractivity contribution in [2.45, 2.75) is 38.6 Å². The van der Waals surface area contributed by atoms with Crippen LogP contribution in [0.15, 0.2) is 12.3 Å². The summed E-state index contributed by atoms with van der Waals surface area (Å²) in [7, 11) is 0. The Labute approximate surface area is 129 Å². The molecule has 0 aromatic carbocycles. The molecular weight excluding hydrogens is 295 g/mol. The van der Waals surface area contributed by atoms with Gasteiger partial charge in [0.1, 0.15) is 5.15 Å². The molecule has 20 heavy (non-hydrogen) atoms. The number of fused-ring (bicyclic) bond motifs is 2. The SMILES string of the molecule is CC(NC(=O)c1cc(Cl)ncc1Cl)C1CC2CCC1C2. The molecule has 2 bridgehead atoms. The lowest BCUT2D eigenvalue weighted by atomic mass is 9.84. The van der Waals surface area contributed by atoms with E-state index in [1.54, 1.807) is 0 Å². The molecule has 0 radical (unpaired) electrons. The fourth-order valence-corrected chi connectivity index (χ4v) is 4.23. The van der Waals surface area contributed by atoms with E-state index < -0.39 is 0 Å². The van der Waals surface area contributed by atoms with Crippen molar-refractivity contribution in [2.24, 2.45) is 17.8 Å². The molecule has 3 nitrogen and oxygen atoms in total. The number of carbonyl (C=O) groups is 1.